The number of nitrogens with one attached hydrogen (secondary N) is 1. The number of benzene rings is 3. The molecule has 35 heavy (non-hydrogen) atoms. The Morgan fingerprint density at radius 1 is 1.11 bits per heavy atom. The van der Waals surface area contributed by atoms with E-state index in [0.717, 1.165) is 22.1 Å². The van der Waals surface area contributed by atoms with Crippen LogP contribution in [-0.2, 0) is 23.2 Å². The van der Waals surface area contributed by atoms with Gasteiger partial charge in [-0.2, -0.15) is 0 Å². The molecular formula is C25H23ClN4O4S. The summed E-state index contributed by atoms with van der Waals surface area (Å²) in [5.74, 6) is 0.682. The molecule has 0 aliphatic rings. The quantitative estimate of drug-likeness (QED) is 0.262. The number of amides is 1. The van der Waals surface area contributed by atoms with Crippen LogP contribution in [0.25, 0.3) is 10.8 Å². The molecule has 0 aliphatic carbocycles. The topological polar surface area (TPSA) is 95.3 Å². The van der Waals surface area contributed by atoms with Crippen LogP contribution in [0.4, 0.5) is 5.69 Å². The number of ether oxygens (including phenoxy) is 2. The van der Waals surface area contributed by atoms with Crippen molar-refractivity contribution in [3.8, 4) is 5.75 Å². The highest BCUT2D eigenvalue weighted by molar-refractivity contribution is 7.99. The lowest BCUT2D eigenvalue weighted by Crippen LogP contribution is -2.15. The molecule has 180 valence electrons. The van der Waals surface area contributed by atoms with Crippen LogP contribution in [-0.4, -0.2) is 39.5 Å². The van der Waals surface area contributed by atoms with Crippen LogP contribution in [0.1, 0.15) is 21.7 Å². The number of aromatic nitrogens is 3. The van der Waals surface area contributed by atoms with E-state index in [9.17, 15) is 9.59 Å². The van der Waals surface area contributed by atoms with Gasteiger partial charge in [-0.15, -0.1) is 10.2 Å². The summed E-state index contributed by atoms with van der Waals surface area (Å²) >= 11 is 7.38. The van der Waals surface area contributed by atoms with Crippen LogP contribution >= 0.6 is 23.4 Å². The first-order chi connectivity index (χ1) is 16.9. The lowest BCUT2D eigenvalue weighted by atomic mass is 10.0. The summed E-state index contributed by atoms with van der Waals surface area (Å²) in [5.41, 5.74) is 1.68. The highest BCUT2D eigenvalue weighted by Gasteiger charge is 2.15. The number of anilines is 1. The molecule has 0 aliphatic heterocycles. The molecule has 1 aromatic heterocycles. The van der Waals surface area contributed by atoms with Crippen molar-refractivity contribution in [3.05, 3.63) is 76.6 Å². The third-order valence-electron chi connectivity index (χ3n) is 5.42. The maximum Gasteiger partial charge on any atom is 0.337 e. The van der Waals surface area contributed by atoms with Gasteiger partial charge >= 0.3 is 5.97 Å². The van der Waals surface area contributed by atoms with Crippen molar-refractivity contribution in [2.75, 3.05) is 18.2 Å². The Hall–Kier alpha value is -3.56. The molecule has 0 unspecified atom stereocenters. The number of fused-ring (bicyclic) bond motifs is 1. The molecule has 3 aromatic carbocycles. The SMILES string of the molecule is COC(=O)c1ccc(Cl)c(NC(=O)CSc2nnc(COc3ccc4ccccc4c3C)n2C)c1. The van der Waals surface area contributed by atoms with E-state index < -0.39 is 5.97 Å². The minimum atomic E-state index is -0.515. The third-order valence-corrected chi connectivity index (χ3v) is 6.77. The summed E-state index contributed by atoms with van der Waals surface area (Å²) in [6, 6.07) is 16.7. The Morgan fingerprint density at radius 3 is 2.71 bits per heavy atom. The monoisotopic (exact) mass is 510 g/mol. The van der Waals surface area contributed by atoms with Gasteiger partial charge in [-0.3, -0.25) is 4.79 Å². The summed E-state index contributed by atoms with van der Waals surface area (Å²) in [6.45, 7) is 2.27. The minimum absolute atomic E-state index is 0.0788. The van der Waals surface area contributed by atoms with Crippen LogP contribution in [0.3, 0.4) is 0 Å². The number of nitrogens with zero attached hydrogens (tertiary/aromatic N) is 3. The first-order valence-corrected chi connectivity index (χ1v) is 12.0. The number of rotatable bonds is 8. The number of aryl methyl sites for hydroxylation is 1. The molecule has 4 aromatic rings. The van der Waals surface area contributed by atoms with Gasteiger partial charge in [-0.05, 0) is 47.5 Å². The molecule has 0 saturated heterocycles. The van der Waals surface area contributed by atoms with Gasteiger partial charge in [0, 0.05) is 7.05 Å². The Bertz CT molecular complexity index is 1410. The van der Waals surface area contributed by atoms with Gasteiger partial charge in [0.15, 0.2) is 11.0 Å². The standard InChI is InChI=1S/C25H23ClN4O4S/c1-15-18-7-5-4-6-16(18)9-11-21(15)34-13-22-28-29-25(30(22)2)35-14-23(31)27-20-12-17(24(32)33-3)8-10-19(20)26/h4-12H,13-14H2,1-3H3,(H,27,31). The molecule has 0 saturated carbocycles. The van der Waals surface area contributed by atoms with Crippen LogP contribution < -0.4 is 10.1 Å². The minimum Gasteiger partial charge on any atom is -0.485 e. The first-order valence-electron chi connectivity index (χ1n) is 10.7. The van der Waals surface area contributed by atoms with Gasteiger partial charge in [-0.1, -0.05) is 53.7 Å². The molecule has 0 bridgehead atoms. The van der Waals surface area contributed by atoms with E-state index >= 15 is 0 Å². The van der Waals surface area contributed by atoms with E-state index in [0.29, 0.717) is 27.3 Å². The Kier molecular flexibility index (Phi) is 7.57. The highest BCUT2D eigenvalue weighted by atomic mass is 35.5. The van der Waals surface area contributed by atoms with Crippen molar-refractivity contribution in [1.29, 1.82) is 0 Å². The zero-order chi connectivity index (χ0) is 24.9. The van der Waals surface area contributed by atoms with Crippen LogP contribution in [0.2, 0.25) is 5.02 Å². The average molecular weight is 511 g/mol. The van der Waals surface area contributed by atoms with Crippen LogP contribution in [0, 0.1) is 6.92 Å². The predicted molar refractivity (Wildman–Crippen MR) is 136 cm³/mol. The lowest BCUT2D eigenvalue weighted by molar-refractivity contribution is -0.113. The van der Waals surface area contributed by atoms with Crippen molar-refractivity contribution in [1.82, 2.24) is 14.8 Å². The molecule has 0 spiro atoms. The number of thioether (sulfide) groups is 1. The molecule has 1 amide bonds. The van der Waals surface area contributed by atoms with Crippen molar-refractivity contribution in [2.24, 2.45) is 7.05 Å². The summed E-state index contributed by atoms with van der Waals surface area (Å²) in [4.78, 5) is 24.2. The second-order valence-corrected chi connectivity index (χ2v) is 9.03. The van der Waals surface area contributed by atoms with Crippen molar-refractivity contribution in [3.63, 3.8) is 0 Å². The second-order valence-electron chi connectivity index (χ2n) is 7.68. The number of esters is 1. The van der Waals surface area contributed by atoms with Gasteiger partial charge in [-0.25, -0.2) is 4.79 Å². The number of carbonyl (C=O) groups excluding carboxylic acids is 2. The van der Waals surface area contributed by atoms with Crippen molar-refractivity contribution >= 4 is 51.7 Å². The Labute approximate surface area is 211 Å². The number of carbonyl (C=O) groups is 2. The summed E-state index contributed by atoms with van der Waals surface area (Å²) < 4.78 is 12.5. The highest BCUT2D eigenvalue weighted by Crippen LogP contribution is 2.28. The van der Waals surface area contributed by atoms with E-state index in [1.54, 1.807) is 4.57 Å². The normalized spacial score (nSPS) is 10.9. The van der Waals surface area contributed by atoms with Gasteiger partial charge in [0.2, 0.25) is 5.91 Å². The maximum atomic E-state index is 12.5. The Balaban J connectivity index is 1.36. The predicted octanol–water partition coefficient (Wildman–Crippen LogP) is 5.03. The Morgan fingerprint density at radius 2 is 1.91 bits per heavy atom. The van der Waals surface area contributed by atoms with Crippen molar-refractivity contribution < 1.29 is 19.1 Å². The molecule has 0 fully saturated rings. The number of hydrogen-bond acceptors (Lipinski definition) is 7. The van der Waals surface area contributed by atoms with E-state index in [1.165, 1.54) is 37.1 Å². The molecule has 0 radical (unpaired) electrons. The maximum absolute atomic E-state index is 12.5. The molecule has 1 heterocycles. The fourth-order valence-corrected chi connectivity index (χ4v) is 4.38. The molecule has 4 rings (SSSR count). The van der Waals surface area contributed by atoms with Gasteiger partial charge in [0.05, 0.1) is 29.1 Å². The number of hydrogen-bond donors (Lipinski definition) is 1. The van der Waals surface area contributed by atoms with Crippen LogP contribution in [0.5, 0.6) is 5.75 Å². The first kappa shape index (κ1) is 24.6. The van der Waals surface area contributed by atoms with Gasteiger partial charge in [0.25, 0.3) is 0 Å². The van der Waals surface area contributed by atoms with Gasteiger partial charge in [0.1, 0.15) is 12.4 Å². The van der Waals surface area contributed by atoms with Crippen LogP contribution in [0.15, 0.2) is 59.8 Å². The number of halogens is 1. The fourth-order valence-electron chi connectivity index (χ4n) is 3.48. The fraction of sp³-hybridized carbons (Fsp3) is 0.200. The summed E-state index contributed by atoms with van der Waals surface area (Å²) in [5, 5.41) is 14.3. The summed E-state index contributed by atoms with van der Waals surface area (Å²) in [7, 11) is 3.11. The molecule has 1 N–H and O–H groups in total. The van der Waals surface area contributed by atoms with Gasteiger partial charge < -0.3 is 19.4 Å². The zero-order valence-corrected chi connectivity index (χ0v) is 20.9. The van der Waals surface area contributed by atoms with E-state index in [2.05, 4.69) is 27.6 Å². The smallest absolute Gasteiger partial charge is 0.337 e. The second kappa shape index (κ2) is 10.8. The molecular weight excluding hydrogens is 488 g/mol. The van der Waals surface area contributed by atoms with Crippen molar-refractivity contribution in [2.45, 2.75) is 18.7 Å². The van der Waals surface area contributed by atoms with E-state index in [-0.39, 0.29) is 18.3 Å². The number of methoxy groups -OCH3 is 1. The third kappa shape index (κ3) is 5.58. The molecule has 8 nitrogen and oxygen atoms in total. The van der Waals surface area contributed by atoms with E-state index in [1.807, 2.05) is 38.2 Å². The zero-order valence-electron chi connectivity index (χ0n) is 19.4. The molecule has 0 atom stereocenters. The average Bonchev–Trinajstić information content (AvgIpc) is 3.22. The largest absolute Gasteiger partial charge is 0.485 e. The van der Waals surface area contributed by atoms with E-state index in [4.69, 9.17) is 21.1 Å². The summed E-state index contributed by atoms with van der Waals surface area (Å²) in [6.07, 6.45) is 0. The molecule has 10 heteroatoms. The lowest BCUT2D eigenvalue weighted by Gasteiger charge is -2.11.